The van der Waals surface area contributed by atoms with E-state index in [0.29, 0.717) is 0 Å². The highest BCUT2D eigenvalue weighted by molar-refractivity contribution is 9.10. The molecule has 0 aliphatic rings. The van der Waals surface area contributed by atoms with Crippen LogP contribution in [0.15, 0.2) is 27.8 Å². The van der Waals surface area contributed by atoms with Crippen LogP contribution in [0.3, 0.4) is 0 Å². The molecule has 0 saturated carbocycles. The topological polar surface area (TPSA) is 12.9 Å². The first-order valence-electron chi connectivity index (χ1n) is 5.18. The summed E-state index contributed by atoms with van der Waals surface area (Å²) in [6.45, 7) is 0. The monoisotopic (exact) mass is 305 g/mol. The van der Waals surface area contributed by atoms with Gasteiger partial charge in [-0.1, -0.05) is 12.8 Å². The molecule has 1 aromatic heterocycles. The lowest BCUT2D eigenvalue weighted by atomic mass is 10.2. The smallest absolute Gasteiger partial charge is 0.0960 e. The summed E-state index contributed by atoms with van der Waals surface area (Å²) >= 11 is 9.41. The van der Waals surface area contributed by atoms with Crippen molar-refractivity contribution in [1.29, 1.82) is 0 Å². The molecular formula is C11H16BrNS2. The molecule has 1 aromatic rings. The fraction of sp³-hybridized carbons (Fsp3) is 0.545. The Balaban J connectivity index is 2.07. The fourth-order valence-electron chi connectivity index (χ4n) is 1.19. The first-order valence-corrected chi connectivity index (χ1v) is 7.59. The zero-order chi connectivity index (χ0) is 10.9. The van der Waals surface area contributed by atoms with E-state index in [1.165, 1.54) is 31.4 Å². The molecule has 0 radical (unpaired) electrons. The highest BCUT2D eigenvalue weighted by Crippen LogP contribution is 2.19. The van der Waals surface area contributed by atoms with Crippen LogP contribution in [0.1, 0.15) is 25.7 Å². The van der Waals surface area contributed by atoms with Crippen LogP contribution in [0.4, 0.5) is 0 Å². The molecule has 0 aliphatic heterocycles. The second kappa shape index (κ2) is 8.48. The quantitative estimate of drug-likeness (QED) is 0.455. The Kier molecular flexibility index (Phi) is 7.57. The van der Waals surface area contributed by atoms with Gasteiger partial charge in [0, 0.05) is 10.7 Å². The summed E-state index contributed by atoms with van der Waals surface area (Å²) in [7, 11) is 0. The van der Waals surface area contributed by atoms with Crippen LogP contribution in [0.5, 0.6) is 0 Å². The summed E-state index contributed by atoms with van der Waals surface area (Å²) in [6.07, 6.45) is 6.98. The van der Waals surface area contributed by atoms with Crippen molar-refractivity contribution in [3.8, 4) is 0 Å². The number of aromatic nitrogens is 1. The third kappa shape index (κ3) is 6.48. The van der Waals surface area contributed by atoms with E-state index < -0.39 is 0 Å². The third-order valence-electron chi connectivity index (χ3n) is 2.00. The van der Waals surface area contributed by atoms with Gasteiger partial charge in [-0.3, -0.25) is 0 Å². The van der Waals surface area contributed by atoms with E-state index in [1.54, 1.807) is 0 Å². The Hall–Kier alpha value is 0.330. The van der Waals surface area contributed by atoms with E-state index in [2.05, 4.69) is 39.6 Å². The number of pyridine rings is 1. The fourth-order valence-corrected chi connectivity index (χ4v) is 2.50. The molecule has 4 heteroatoms. The number of thiol groups is 1. The van der Waals surface area contributed by atoms with Gasteiger partial charge in [0.25, 0.3) is 0 Å². The minimum Gasteiger partial charge on any atom is -0.249 e. The third-order valence-corrected chi connectivity index (χ3v) is 3.82. The molecule has 15 heavy (non-hydrogen) atoms. The van der Waals surface area contributed by atoms with Crippen molar-refractivity contribution in [1.82, 2.24) is 4.98 Å². The van der Waals surface area contributed by atoms with Gasteiger partial charge in [-0.25, -0.2) is 4.98 Å². The van der Waals surface area contributed by atoms with Crippen LogP contribution in [-0.4, -0.2) is 16.5 Å². The maximum Gasteiger partial charge on any atom is 0.0960 e. The molecular weight excluding hydrogens is 290 g/mol. The van der Waals surface area contributed by atoms with Gasteiger partial charge in [0.2, 0.25) is 0 Å². The highest BCUT2D eigenvalue weighted by atomic mass is 79.9. The Labute approximate surface area is 110 Å². The lowest BCUT2D eigenvalue weighted by molar-refractivity contribution is 0.711. The first-order chi connectivity index (χ1) is 7.33. The predicted octanol–water partition coefficient (Wildman–Crippen LogP) is 4.43. The molecule has 0 fully saturated rings. The maximum atomic E-state index is 4.32. The van der Waals surface area contributed by atoms with Crippen molar-refractivity contribution < 1.29 is 0 Å². The van der Waals surface area contributed by atoms with Crippen LogP contribution < -0.4 is 0 Å². The van der Waals surface area contributed by atoms with Crippen LogP contribution in [-0.2, 0) is 0 Å². The molecule has 0 unspecified atom stereocenters. The maximum absolute atomic E-state index is 4.32. The summed E-state index contributed by atoms with van der Waals surface area (Å²) in [5.41, 5.74) is 0. The molecule has 0 amide bonds. The molecule has 0 bridgehead atoms. The van der Waals surface area contributed by atoms with Crippen molar-refractivity contribution in [3.05, 3.63) is 22.8 Å². The highest BCUT2D eigenvalue weighted by Gasteiger charge is 1.95. The van der Waals surface area contributed by atoms with E-state index in [0.717, 1.165) is 15.3 Å². The van der Waals surface area contributed by atoms with Crippen molar-refractivity contribution in [3.63, 3.8) is 0 Å². The molecule has 0 N–H and O–H groups in total. The molecule has 0 aromatic carbocycles. The van der Waals surface area contributed by atoms with Gasteiger partial charge in [0.15, 0.2) is 0 Å². The lowest BCUT2D eigenvalue weighted by Gasteiger charge is -2.00. The van der Waals surface area contributed by atoms with Crippen molar-refractivity contribution in [2.75, 3.05) is 11.5 Å². The largest absolute Gasteiger partial charge is 0.249 e. The first kappa shape index (κ1) is 13.4. The van der Waals surface area contributed by atoms with E-state index in [4.69, 9.17) is 0 Å². The SMILES string of the molecule is SCCCCCCSc1ccc(Br)cn1. The van der Waals surface area contributed by atoms with Gasteiger partial charge in [-0.2, -0.15) is 12.6 Å². The van der Waals surface area contributed by atoms with Crippen LogP contribution >= 0.6 is 40.3 Å². The van der Waals surface area contributed by atoms with Crippen molar-refractivity contribution >= 4 is 40.3 Å². The summed E-state index contributed by atoms with van der Waals surface area (Å²) in [4.78, 5) is 4.32. The summed E-state index contributed by atoms with van der Waals surface area (Å²) < 4.78 is 1.04. The molecule has 84 valence electrons. The Bertz CT molecular complexity index is 264. The molecule has 0 spiro atoms. The average Bonchev–Trinajstić information content (AvgIpc) is 2.26. The average molecular weight is 306 g/mol. The van der Waals surface area contributed by atoms with Gasteiger partial charge in [0.05, 0.1) is 5.03 Å². The van der Waals surface area contributed by atoms with E-state index in [9.17, 15) is 0 Å². The standard InChI is InChI=1S/C11H16BrNS2/c12-10-5-6-11(13-9-10)15-8-4-2-1-3-7-14/h5-6,9,14H,1-4,7-8H2. The molecule has 0 saturated heterocycles. The molecule has 1 rings (SSSR count). The van der Waals surface area contributed by atoms with E-state index >= 15 is 0 Å². The van der Waals surface area contributed by atoms with Gasteiger partial charge < -0.3 is 0 Å². The van der Waals surface area contributed by atoms with Crippen molar-refractivity contribution in [2.24, 2.45) is 0 Å². The van der Waals surface area contributed by atoms with Gasteiger partial charge in [0.1, 0.15) is 0 Å². The Morgan fingerprint density at radius 2 is 2.00 bits per heavy atom. The van der Waals surface area contributed by atoms with E-state index in [-0.39, 0.29) is 0 Å². The Morgan fingerprint density at radius 3 is 2.67 bits per heavy atom. The summed E-state index contributed by atoms with van der Waals surface area (Å²) in [6, 6.07) is 4.10. The number of rotatable bonds is 7. The Morgan fingerprint density at radius 1 is 1.20 bits per heavy atom. The zero-order valence-electron chi connectivity index (χ0n) is 8.66. The van der Waals surface area contributed by atoms with Gasteiger partial charge in [-0.15, -0.1) is 11.8 Å². The number of hydrogen-bond donors (Lipinski definition) is 1. The van der Waals surface area contributed by atoms with Gasteiger partial charge in [-0.05, 0) is 52.4 Å². The number of hydrogen-bond acceptors (Lipinski definition) is 3. The lowest BCUT2D eigenvalue weighted by Crippen LogP contribution is -1.84. The second-order valence-corrected chi connectivity index (χ2v) is 5.78. The minimum absolute atomic E-state index is 1.02. The molecule has 0 aliphatic carbocycles. The zero-order valence-corrected chi connectivity index (χ0v) is 12.0. The summed E-state index contributed by atoms with van der Waals surface area (Å²) in [5.74, 6) is 2.18. The molecule has 0 atom stereocenters. The van der Waals surface area contributed by atoms with Crippen LogP contribution in [0.2, 0.25) is 0 Å². The predicted molar refractivity (Wildman–Crippen MR) is 75.0 cm³/mol. The van der Waals surface area contributed by atoms with Gasteiger partial charge >= 0.3 is 0 Å². The van der Waals surface area contributed by atoms with Crippen LogP contribution in [0, 0.1) is 0 Å². The number of halogens is 1. The number of nitrogens with zero attached hydrogens (tertiary/aromatic N) is 1. The molecule has 1 nitrogen and oxygen atoms in total. The number of thioether (sulfide) groups is 1. The van der Waals surface area contributed by atoms with E-state index in [1.807, 2.05) is 24.0 Å². The summed E-state index contributed by atoms with van der Waals surface area (Å²) in [5, 5.41) is 1.12. The van der Waals surface area contributed by atoms with Crippen molar-refractivity contribution in [2.45, 2.75) is 30.7 Å². The minimum atomic E-state index is 1.02. The number of unbranched alkanes of at least 4 members (excludes halogenated alkanes) is 3. The van der Waals surface area contributed by atoms with Crippen LogP contribution in [0.25, 0.3) is 0 Å². The second-order valence-electron chi connectivity index (χ2n) is 3.30. The normalized spacial score (nSPS) is 10.5. The molecule has 1 heterocycles.